The lowest BCUT2D eigenvalue weighted by molar-refractivity contribution is 0.595. The zero-order chi connectivity index (χ0) is 16.5. The van der Waals surface area contributed by atoms with Crippen molar-refractivity contribution in [3.8, 4) is 10.4 Å². The summed E-state index contributed by atoms with van der Waals surface area (Å²) in [6.45, 7) is 0.172. The maximum atomic E-state index is 13.8. The predicted octanol–water partition coefficient (Wildman–Crippen LogP) is 4.31. The Morgan fingerprint density at radius 1 is 1.04 bits per heavy atom. The Bertz CT molecular complexity index is 1070. The van der Waals surface area contributed by atoms with E-state index in [1.54, 1.807) is 18.2 Å². The van der Waals surface area contributed by atoms with Crippen molar-refractivity contribution < 1.29 is 4.39 Å². The first-order valence-electron chi connectivity index (χ1n) is 7.50. The highest BCUT2D eigenvalue weighted by Crippen LogP contribution is 2.30. The molecule has 0 bridgehead atoms. The molecule has 0 fully saturated rings. The fourth-order valence-electron chi connectivity index (χ4n) is 2.63. The standard InChI is InChI=1S/C19H13FN2OS/c20-16-9-5-4-8-14(16)11-22-12-21-18-15(19(22)23)10-17(24-18)13-6-2-1-3-7-13/h1-10,12H,11H2. The Labute approximate surface area is 141 Å². The first-order chi connectivity index (χ1) is 11.7. The van der Waals surface area contributed by atoms with Gasteiger partial charge >= 0.3 is 0 Å². The summed E-state index contributed by atoms with van der Waals surface area (Å²) >= 11 is 1.48. The summed E-state index contributed by atoms with van der Waals surface area (Å²) in [6, 6.07) is 18.2. The average molecular weight is 336 g/mol. The van der Waals surface area contributed by atoms with E-state index in [1.165, 1.54) is 28.3 Å². The molecule has 0 saturated carbocycles. The molecule has 2 aromatic carbocycles. The van der Waals surface area contributed by atoms with Gasteiger partial charge in [0.25, 0.3) is 5.56 Å². The Balaban J connectivity index is 1.78. The molecule has 118 valence electrons. The van der Waals surface area contributed by atoms with Crippen LogP contribution in [0.15, 0.2) is 71.8 Å². The van der Waals surface area contributed by atoms with Crippen LogP contribution in [-0.2, 0) is 6.54 Å². The molecule has 4 aromatic rings. The lowest BCUT2D eigenvalue weighted by Crippen LogP contribution is -2.20. The number of aromatic nitrogens is 2. The van der Waals surface area contributed by atoms with Crippen LogP contribution >= 0.6 is 11.3 Å². The predicted molar refractivity (Wildman–Crippen MR) is 94.8 cm³/mol. The van der Waals surface area contributed by atoms with Crippen LogP contribution in [0.5, 0.6) is 0 Å². The van der Waals surface area contributed by atoms with Gasteiger partial charge < -0.3 is 0 Å². The molecule has 4 rings (SSSR count). The number of thiophene rings is 1. The van der Waals surface area contributed by atoms with Gasteiger partial charge in [-0.3, -0.25) is 9.36 Å². The maximum absolute atomic E-state index is 13.8. The molecule has 5 heteroatoms. The molecule has 0 radical (unpaired) electrons. The van der Waals surface area contributed by atoms with Crippen molar-refractivity contribution in [3.05, 3.63) is 88.7 Å². The van der Waals surface area contributed by atoms with E-state index in [9.17, 15) is 9.18 Å². The summed E-state index contributed by atoms with van der Waals surface area (Å²) < 4.78 is 15.3. The summed E-state index contributed by atoms with van der Waals surface area (Å²) in [5.74, 6) is -0.320. The zero-order valence-corrected chi connectivity index (χ0v) is 13.5. The van der Waals surface area contributed by atoms with Crippen LogP contribution in [0.4, 0.5) is 4.39 Å². The minimum absolute atomic E-state index is 0.151. The number of benzene rings is 2. The van der Waals surface area contributed by atoms with E-state index in [-0.39, 0.29) is 17.9 Å². The van der Waals surface area contributed by atoms with Crippen LogP contribution in [0.1, 0.15) is 5.56 Å². The lowest BCUT2D eigenvalue weighted by Gasteiger charge is -2.06. The van der Waals surface area contributed by atoms with Crippen molar-refractivity contribution in [2.75, 3.05) is 0 Å². The van der Waals surface area contributed by atoms with Gasteiger partial charge in [-0.05, 0) is 17.7 Å². The molecule has 0 unspecified atom stereocenters. The quantitative estimate of drug-likeness (QED) is 0.559. The number of rotatable bonds is 3. The van der Waals surface area contributed by atoms with E-state index in [0.29, 0.717) is 15.8 Å². The molecule has 0 spiro atoms. The molecule has 2 heterocycles. The highest BCUT2D eigenvalue weighted by atomic mass is 32.1. The summed E-state index contributed by atoms with van der Waals surface area (Å²) in [7, 11) is 0. The molecule has 24 heavy (non-hydrogen) atoms. The zero-order valence-electron chi connectivity index (χ0n) is 12.6. The van der Waals surface area contributed by atoms with Crippen LogP contribution < -0.4 is 5.56 Å². The van der Waals surface area contributed by atoms with E-state index in [1.807, 2.05) is 36.4 Å². The van der Waals surface area contributed by atoms with Gasteiger partial charge in [0.05, 0.1) is 18.3 Å². The molecular formula is C19H13FN2OS. The van der Waals surface area contributed by atoms with Crippen molar-refractivity contribution in [1.29, 1.82) is 0 Å². The second-order valence-corrected chi connectivity index (χ2v) is 6.50. The van der Waals surface area contributed by atoms with Crippen LogP contribution in [0.25, 0.3) is 20.7 Å². The molecular weight excluding hydrogens is 323 g/mol. The van der Waals surface area contributed by atoms with Crippen molar-refractivity contribution >= 4 is 21.6 Å². The fourth-order valence-corrected chi connectivity index (χ4v) is 3.62. The second-order valence-electron chi connectivity index (χ2n) is 5.46. The largest absolute Gasteiger partial charge is 0.294 e. The molecule has 0 atom stereocenters. The lowest BCUT2D eigenvalue weighted by atomic mass is 10.2. The minimum Gasteiger partial charge on any atom is -0.294 e. The van der Waals surface area contributed by atoms with Gasteiger partial charge in [0.1, 0.15) is 10.6 Å². The molecule has 0 saturated heterocycles. The first-order valence-corrected chi connectivity index (χ1v) is 8.32. The Morgan fingerprint density at radius 2 is 1.79 bits per heavy atom. The number of hydrogen-bond acceptors (Lipinski definition) is 3. The number of hydrogen-bond donors (Lipinski definition) is 0. The highest BCUT2D eigenvalue weighted by molar-refractivity contribution is 7.21. The third-order valence-corrected chi connectivity index (χ3v) is 4.97. The fraction of sp³-hybridized carbons (Fsp3) is 0.0526. The Hall–Kier alpha value is -2.79. The smallest absolute Gasteiger partial charge is 0.262 e. The number of fused-ring (bicyclic) bond motifs is 1. The summed E-state index contributed by atoms with van der Waals surface area (Å²) in [6.07, 6.45) is 1.49. The second kappa shape index (κ2) is 6.02. The van der Waals surface area contributed by atoms with Gasteiger partial charge in [-0.15, -0.1) is 11.3 Å². The SMILES string of the molecule is O=c1c2cc(-c3ccccc3)sc2ncn1Cc1ccccc1F. The van der Waals surface area contributed by atoms with Gasteiger partial charge in [0, 0.05) is 10.4 Å². The average Bonchev–Trinajstić information content (AvgIpc) is 3.05. The molecule has 2 aromatic heterocycles. The van der Waals surface area contributed by atoms with E-state index in [2.05, 4.69) is 4.98 Å². The van der Waals surface area contributed by atoms with Gasteiger partial charge in [0.15, 0.2) is 0 Å². The van der Waals surface area contributed by atoms with Crippen LogP contribution in [0, 0.1) is 5.82 Å². The van der Waals surface area contributed by atoms with Crippen LogP contribution in [-0.4, -0.2) is 9.55 Å². The number of halogens is 1. The minimum atomic E-state index is -0.320. The Kier molecular flexibility index (Phi) is 3.70. The first kappa shape index (κ1) is 14.8. The summed E-state index contributed by atoms with van der Waals surface area (Å²) in [4.78, 5) is 18.8. The van der Waals surface area contributed by atoms with Crippen LogP contribution in [0.2, 0.25) is 0 Å². The van der Waals surface area contributed by atoms with E-state index >= 15 is 0 Å². The van der Waals surface area contributed by atoms with Gasteiger partial charge in [-0.1, -0.05) is 48.5 Å². The molecule has 0 aliphatic rings. The van der Waals surface area contributed by atoms with E-state index in [4.69, 9.17) is 0 Å². The maximum Gasteiger partial charge on any atom is 0.262 e. The van der Waals surface area contributed by atoms with E-state index < -0.39 is 0 Å². The van der Waals surface area contributed by atoms with Gasteiger partial charge in [0.2, 0.25) is 0 Å². The van der Waals surface area contributed by atoms with Crippen molar-refractivity contribution in [3.63, 3.8) is 0 Å². The summed E-state index contributed by atoms with van der Waals surface area (Å²) in [5.41, 5.74) is 1.38. The third-order valence-electron chi connectivity index (χ3n) is 3.87. The molecule has 0 N–H and O–H groups in total. The normalized spacial score (nSPS) is 11.0. The molecule has 0 aliphatic carbocycles. The highest BCUT2D eigenvalue weighted by Gasteiger charge is 2.11. The monoisotopic (exact) mass is 336 g/mol. The number of nitrogens with zero attached hydrogens (tertiary/aromatic N) is 2. The van der Waals surface area contributed by atoms with Gasteiger partial charge in [-0.25, -0.2) is 9.37 Å². The van der Waals surface area contributed by atoms with E-state index in [0.717, 1.165) is 10.4 Å². The van der Waals surface area contributed by atoms with Gasteiger partial charge in [-0.2, -0.15) is 0 Å². The van der Waals surface area contributed by atoms with Crippen molar-refractivity contribution in [2.45, 2.75) is 6.54 Å². The molecule has 0 amide bonds. The third kappa shape index (κ3) is 2.63. The molecule has 3 nitrogen and oxygen atoms in total. The van der Waals surface area contributed by atoms with Crippen molar-refractivity contribution in [2.24, 2.45) is 0 Å². The van der Waals surface area contributed by atoms with Crippen molar-refractivity contribution in [1.82, 2.24) is 9.55 Å². The Morgan fingerprint density at radius 3 is 2.58 bits per heavy atom. The van der Waals surface area contributed by atoms with Crippen LogP contribution in [0.3, 0.4) is 0 Å². The summed E-state index contributed by atoms with van der Waals surface area (Å²) in [5, 5.41) is 0.567. The topological polar surface area (TPSA) is 34.9 Å². The molecule has 0 aliphatic heterocycles.